The van der Waals surface area contributed by atoms with E-state index in [-0.39, 0.29) is 0 Å². The molecule has 52 heavy (non-hydrogen) atoms. The van der Waals surface area contributed by atoms with E-state index in [1.807, 2.05) is 0 Å². The predicted octanol–water partition coefficient (Wildman–Crippen LogP) is 12.5. The van der Waals surface area contributed by atoms with E-state index in [0.29, 0.717) is 0 Å². The summed E-state index contributed by atoms with van der Waals surface area (Å²) in [5.74, 6) is 1.03. The highest BCUT2D eigenvalue weighted by atomic mass is 28.3. The van der Waals surface area contributed by atoms with Gasteiger partial charge in [-0.25, -0.2) is 0 Å². The second kappa shape index (κ2) is 11.9. The van der Waals surface area contributed by atoms with Crippen molar-refractivity contribution in [1.82, 2.24) is 0 Å². The average Bonchev–Trinajstić information content (AvgIpc) is 3.69. The molecule has 1 aliphatic rings. The largest absolute Gasteiger partial charge is 0.456 e. The third kappa shape index (κ3) is 4.58. The molecule has 4 heteroatoms. The molecule has 0 unspecified atom stereocenters. The zero-order valence-electron chi connectivity index (χ0n) is 29.1. The number of hydrogen-bond acceptors (Lipinski definition) is 3. The maximum Gasteiger partial charge on any atom is 0.137 e. The summed E-state index contributed by atoms with van der Waals surface area (Å²) < 4.78 is 7.22. The standard InChI is InChI=1S/C48H36N2OSi/c1-52(2)44-32-42(50(35-23-11-5-12-24-35)36-25-13-6-14-26-36)38-28-16-18-30-40(38)46(44)47-48(52)45-39-29-17-15-27-37(39)41(31-43(45)51-47)49(33-19-7-3-8-20-33)34-21-9-4-10-22-34/h3-32H,1-2H3. The lowest BCUT2D eigenvalue weighted by Crippen LogP contribution is -2.49. The molecule has 248 valence electrons. The molecule has 0 radical (unpaired) electrons. The Morgan fingerprint density at radius 1 is 0.423 bits per heavy atom. The van der Waals surface area contributed by atoms with Gasteiger partial charge >= 0.3 is 0 Å². The Morgan fingerprint density at radius 3 is 1.29 bits per heavy atom. The number of nitrogens with zero attached hydrogens (tertiary/aromatic N) is 2. The smallest absolute Gasteiger partial charge is 0.137 e. The van der Waals surface area contributed by atoms with Crippen LogP contribution in [0.2, 0.25) is 13.1 Å². The number of benzene rings is 8. The maximum absolute atomic E-state index is 7.22. The molecule has 9 aromatic rings. The lowest BCUT2D eigenvalue weighted by atomic mass is 9.99. The molecule has 0 fully saturated rings. The molecule has 0 bridgehead atoms. The third-order valence-electron chi connectivity index (χ3n) is 10.8. The van der Waals surface area contributed by atoms with Crippen LogP contribution < -0.4 is 20.2 Å². The number of rotatable bonds is 6. The van der Waals surface area contributed by atoms with Crippen LogP contribution in [-0.4, -0.2) is 8.07 Å². The number of fused-ring (bicyclic) bond motifs is 9. The predicted molar refractivity (Wildman–Crippen MR) is 223 cm³/mol. The molecule has 8 aromatic carbocycles. The first-order valence-electron chi connectivity index (χ1n) is 18.0. The molecule has 0 saturated carbocycles. The molecule has 0 saturated heterocycles. The Balaban J connectivity index is 1.26. The van der Waals surface area contributed by atoms with E-state index < -0.39 is 8.07 Å². The van der Waals surface area contributed by atoms with E-state index in [1.54, 1.807) is 0 Å². The molecule has 3 nitrogen and oxygen atoms in total. The zero-order valence-corrected chi connectivity index (χ0v) is 30.1. The molecular formula is C48H36N2OSi. The van der Waals surface area contributed by atoms with Gasteiger partial charge in [0.05, 0.1) is 11.4 Å². The fourth-order valence-electron chi connectivity index (χ4n) is 8.48. The van der Waals surface area contributed by atoms with Crippen LogP contribution in [0.5, 0.6) is 0 Å². The van der Waals surface area contributed by atoms with Crippen molar-refractivity contribution in [2.24, 2.45) is 0 Å². The molecule has 1 aliphatic heterocycles. The zero-order chi connectivity index (χ0) is 34.8. The summed E-state index contributed by atoms with van der Waals surface area (Å²) in [5.41, 5.74) is 8.97. The van der Waals surface area contributed by atoms with Crippen molar-refractivity contribution in [2.75, 3.05) is 9.80 Å². The van der Waals surface area contributed by atoms with Gasteiger partial charge in [0.1, 0.15) is 19.4 Å². The van der Waals surface area contributed by atoms with Gasteiger partial charge in [-0.3, -0.25) is 0 Å². The summed E-state index contributed by atoms with van der Waals surface area (Å²) in [5, 5.41) is 8.91. The van der Waals surface area contributed by atoms with Crippen molar-refractivity contribution >= 4 is 85.1 Å². The maximum atomic E-state index is 7.22. The molecule has 0 spiro atoms. The summed E-state index contributed by atoms with van der Waals surface area (Å²) in [6.07, 6.45) is 0. The molecule has 0 N–H and O–H groups in total. The lowest BCUT2D eigenvalue weighted by Gasteiger charge is -2.29. The van der Waals surface area contributed by atoms with Gasteiger partial charge in [-0.1, -0.05) is 134 Å². The van der Waals surface area contributed by atoms with Crippen molar-refractivity contribution in [3.63, 3.8) is 0 Å². The van der Waals surface area contributed by atoms with Crippen LogP contribution >= 0.6 is 0 Å². The van der Waals surface area contributed by atoms with Gasteiger partial charge in [-0.15, -0.1) is 0 Å². The van der Waals surface area contributed by atoms with E-state index in [9.17, 15) is 0 Å². The molecule has 2 heterocycles. The molecular weight excluding hydrogens is 649 g/mol. The van der Waals surface area contributed by atoms with Gasteiger partial charge < -0.3 is 14.2 Å². The molecule has 0 atom stereocenters. The summed E-state index contributed by atoms with van der Waals surface area (Å²) in [7, 11) is -2.31. The Labute approximate surface area is 304 Å². The monoisotopic (exact) mass is 684 g/mol. The fourth-order valence-corrected chi connectivity index (χ4v) is 11.7. The number of para-hydroxylation sites is 4. The third-order valence-corrected chi connectivity index (χ3v) is 14.2. The molecule has 0 amide bonds. The Bertz CT molecular complexity index is 2680. The fraction of sp³-hybridized carbons (Fsp3) is 0.0417. The van der Waals surface area contributed by atoms with Crippen molar-refractivity contribution in [2.45, 2.75) is 13.1 Å². The van der Waals surface area contributed by atoms with E-state index in [4.69, 9.17) is 4.42 Å². The van der Waals surface area contributed by atoms with Gasteiger partial charge in [0, 0.05) is 50.5 Å². The van der Waals surface area contributed by atoms with E-state index >= 15 is 0 Å². The van der Waals surface area contributed by atoms with Crippen molar-refractivity contribution < 1.29 is 4.42 Å². The van der Waals surface area contributed by atoms with Crippen LogP contribution in [-0.2, 0) is 0 Å². The van der Waals surface area contributed by atoms with E-state index in [2.05, 4.69) is 205 Å². The summed E-state index contributed by atoms with van der Waals surface area (Å²) in [4.78, 5) is 4.77. The SMILES string of the molecule is C[Si]1(C)c2cc(N(c3ccccc3)c3ccccc3)c3ccccc3c2-c2oc3cc(N(c4ccccc4)c4ccccc4)c4ccccc4c3c21. The lowest BCUT2D eigenvalue weighted by molar-refractivity contribution is 0.635. The van der Waals surface area contributed by atoms with Crippen molar-refractivity contribution in [3.8, 4) is 11.3 Å². The Hall–Kier alpha value is -6.36. The van der Waals surface area contributed by atoms with Gasteiger partial charge in [0.15, 0.2) is 0 Å². The number of anilines is 6. The van der Waals surface area contributed by atoms with Crippen LogP contribution in [0.15, 0.2) is 186 Å². The van der Waals surface area contributed by atoms with E-state index in [1.165, 1.54) is 48.6 Å². The van der Waals surface area contributed by atoms with Crippen LogP contribution in [0.25, 0.3) is 43.8 Å². The quantitative estimate of drug-likeness (QED) is 0.163. The van der Waals surface area contributed by atoms with Crippen LogP contribution in [0.4, 0.5) is 34.1 Å². The minimum absolute atomic E-state index is 0.935. The average molecular weight is 685 g/mol. The molecule has 1 aromatic heterocycles. The highest BCUT2D eigenvalue weighted by Crippen LogP contribution is 2.48. The van der Waals surface area contributed by atoms with Crippen LogP contribution in [0.3, 0.4) is 0 Å². The summed E-state index contributed by atoms with van der Waals surface area (Å²) >= 11 is 0. The van der Waals surface area contributed by atoms with Crippen molar-refractivity contribution in [1.29, 1.82) is 0 Å². The Kier molecular flexibility index (Phi) is 6.95. The topological polar surface area (TPSA) is 19.6 Å². The normalized spacial score (nSPS) is 13.0. The Morgan fingerprint density at radius 2 is 0.808 bits per heavy atom. The first kappa shape index (κ1) is 30.5. The van der Waals surface area contributed by atoms with Gasteiger partial charge in [0.25, 0.3) is 0 Å². The van der Waals surface area contributed by atoms with E-state index in [0.717, 1.165) is 39.8 Å². The highest BCUT2D eigenvalue weighted by Gasteiger charge is 2.44. The van der Waals surface area contributed by atoms with Gasteiger partial charge in [-0.05, 0) is 75.7 Å². The van der Waals surface area contributed by atoms with Crippen LogP contribution in [0, 0.1) is 0 Å². The number of furan rings is 1. The van der Waals surface area contributed by atoms with Gasteiger partial charge in [-0.2, -0.15) is 0 Å². The summed E-state index contributed by atoms with van der Waals surface area (Å²) in [6.45, 7) is 5.01. The summed E-state index contributed by atoms with van der Waals surface area (Å²) in [6, 6.07) is 65.3. The van der Waals surface area contributed by atoms with Gasteiger partial charge in [0.2, 0.25) is 0 Å². The first-order chi connectivity index (χ1) is 25.6. The minimum Gasteiger partial charge on any atom is -0.456 e. The second-order valence-corrected chi connectivity index (χ2v) is 18.4. The first-order valence-corrected chi connectivity index (χ1v) is 21.0. The minimum atomic E-state index is -2.31. The second-order valence-electron chi connectivity index (χ2n) is 14.1. The molecule has 10 rings (SSSR count). The van der Waals surface area contributed by atoms with Crippen molar-refractivity contribution in [3.05, 3.63) is 182 Å². The van der Waals surface area contributed by atoms with Crippen LogP contribution in [0.1, 0.15) is 0 Å². The number of hydrogen-bond donors (Lipinski definition) is 0. The highest BCUT2D eigenvalue weighted by molar-refractivity contribution is 7.05. The molecule has 0 aliphatic carbocycles.